The van der Waals surface area contributed by atoms with E-state index in [1.807, 2.05) is 0 Å². The number of hydrogen-bond donors (Lipinski definition) is 3. The number of anilines is 1. The quantitative estimate of drug-likeness (QED) is 0.345. The van der Waals surface area contributed by atoms with Crippen molar-refractivity contribution in [3.8, 4) is 28.1 Å². The van der Waals surface area contributed by atoms with Gasteiger partial charge < -0.3 is 15.4 Å². The second-order valence-electron chi connectivity index (χ2n) is 6.64. The van der Waals surface area contributed by atoms with E-state index >= 15 is 0 Å². The Hall–Kier alpha value is -3.26. The van der Waals surface area contributed by atoms with E-state index in [-0.39, 0.29) is 11.3 Å². The van der Waals surface area contributed by atoms with Crippen molar-refractivity contribution in [3.63, 3.8) is 0 Å². The molecule has 2 aromatic heterocycles. The van der Waals surface area contributed by atoms with E-state index in [0.717, 1.165) is 10.2 Å². The molecule has 0 fully saturated rings. The number of nitrogens with zero attached hydrogens (tertiary/aromatic N) is 2. The first-order valence-electron chi connectivity index (χ1n) is 9.18. The van der Waals surface area contributed by atoms with Gasteiger partial charge in [0.15, 0.2) is 0 Å². The Balaban J connectivity index is 1.76. The smallest absolute Gasteiger partial charge is 0.133 e. The van der Waals surface area contributed by atoms with Crippen LogP contribution in [0.2, 0.25) is 0 Å². The second-order valence-corrected chi connectivity index (χ2v) is 7.55. The summed E-state index contributed by atoms with van der Waals surface area (Å²) >= 11 is 3.38. The molecule has 4 aromatic rings. The molecule has 0 saturated heterocycles. The lowest BCUT2D eigenvalue weighted by Gasteiger charge is -2.13. The minimum absolute atomic E-state index is 0.0141. The Bertz CT molecular complexity index is 1160. The monoisotopic (exact) mass is 470 g/mol. The largest absolute Gasteiger partial charge is 0.507 e. The minimum Gasteiger partial charge on any atom is -0.507 e. The minimum atomic E-state index is -0.672. The highest BCUT2D eigenvalue weighted by Gasteiger charge is 2.16. The van der Waals surface area contributed by atoms with Gasteiger partial charge in [-0.05, 0) is 48.0 Å². The standard InChI is InChI=1S/C22H17BrF2N4O/c23-14-4-5-20(30)16(10-14)19-8-13(22-17(24)2-1-3-18(22)25)9-21(29-19)27-7-6-15-11-26-12-28-15/h1-5,8-12,30H,6-7H2,(H,26,28)(H,27,29). The third-order valence-electron chi connectivity index (χ3n) is 4.57. The first-order chi connectivity index (χ1) is 14.5. The molecule has 3 N–H and O–H groups in total. The number of aromatic amines is 1. The molecule has 0 atom stereocenters. The van der Waals surface area contributed by atoms with Crippen molar-refractivity contribution >= 4 is 21.7 Å². The predicted octanol–water partition coefficient (Wildman–Crippen LogP) is 5.54. The van der Waals surface area contributed by atoms with Gasteiger partial charge in [0.05, 0.1) is 17.6 Å². The van der Waals surface area contributed by atoms with E-state index in [0.29, 0.717) is 35.6 Å². The molecule has 5 nitrogen and oxygen atoms in total. The highest BCUT2D eigenvalue weighted by atomic mass is 79.9. The molecular formula is C22H17BrF2N4O. The van der Waals surface area contributed by atoms with Crippen molar-refractivity contribution < 1.29 is 13.9 Å². The van der Waals surface area contributed by atoms with Crippen LogP contribution in [0.5, 0.6) is 5.75 Å². The van der Waals surface area contributed by atoms with E-state index in [9.17, 15) is 13.9 Å². The predicted molar refractivity (Wildman–Crippen MR) is 115 cm³/mol. The van der Waals surface area contributed by atoms with Gasteiger partial charge in [0.25, 0.3) is 0 Å². The molecule has 0 spiro atoms. The Morgan fingerprint density at radius 1 is 1.07 bits per heavy atom. The van der Waals surface area contributed by atoms with Crippen LogP contribution in [0.4, 0.5) is 14.6 Å². The number of aromatic nitrogens is 3. The lowest BCUT2D eigenvalue weighted by molar-refractivity contribution is 0.477. The van der Waals surface area contributed by atoms with Crippen LogP contribution >= 0.6 is 15.9 Å². The van der Waals surface area contributed by atoms with Crippen LogP contribution in [0.25, 0.3) is 22.4 Å². The third kappa shape index (κ3) is 4.33. The number of nitrogens with one attached hydrogen (secondary N) is 2. The van der Waals surface area contributed by atoms with E-state index in [2.05, 4.69) is 36.2 Å². The highest BCUT2D eigenvalue weighted by molar-refractivity contribution is 9.10. The number of hydrogen-bond acceptors (Lipinski definition) is 4. The molecule has 0 amide bonds. The van der Waals surface area contributed by atoms with E-state index < -0.39 is 11.6 Å². The molecule has 0 aliphatic carbocycles. The average molecular weight is 471 g/mol. The summed E-state index contributed by atoms with van der Waals surface area (Å²) in [6.45, 7) is 0.530. The number of rotatable bonds is 6. The van der Waals surface area contributed by atoms with Crippen LogP contribution in [-0.2, 0) is 6.42 Å². The molecule has 0 bridgehead atoms. The maximum atomic E-state index is 14.4. The normalized spacial score (nSPS) is 10.9. The zero-order chi connectivity index (χ0) is 21.1. The molecule has 0 unspecified atom stereocenters. The van der Waals surface area contributed by atoms with Gasteiger partial charge in [-0.1, -0.05) is 22.0 Å². The number of benzene rings is 2. The zero-order valence-electron chi connectivity index (χ0n) is 15.7. The number of pyridine rings is 1. The highest BCUT2D eigenvalue weighted by Crippen LogP contribution is 2.35. The summed E-state index contributed by atoms with van der Waals surface area (Å²) in [6, 6.07) is 11.8. The summed E-state index contributed by atoms with van der Waals surface area (Å²) in [5, 5.41) is 13.5. The number of imidazole rings is 1. The zero-order valence-corrected chi connectivity index (χ0v) is 17.2. The first-order valence-corrected chi connectivity index (χ1v) is 9.97. The van der Waals surface area contributed by atoms with E-state index in [1.165, 1.54) is 24.3 Å². The van der Waals surface area contributed by atoms with Gasteiger partial charge >= 0.3 is 0 Å². The maximum absolute atomic E-state index is 14.4. The van der Waals surface area contributed by atoms with Gasteiger partial charge in [0.2, 0.25) is 0 Å². The maximum Gasteiger partial charge on any atom is 0.133 e. The van der Waals surface area contributed by atoms with Crippen LogP contribution in [0.3, 0.4) is 0 Å². The Labute approximate surface area is 180 Å². The second kappa shape index (κ2) is 8.62. The summed E-state index contributed by atoms with van der Waals surface area (Å²) in [5.74, 6) is -0.896. The van der Waals surface area contributed by atoms with Crippen molar-refractivity contribution in [1.82, 2.24) is 15.0 Å². The lowest BCUT2D eigenvalue weighted by Crippen LogP contribution is -2.07. The Morgan fingerprint density at radius 3 is 2.60 bits per heavy atom. The van der Waals surface area contributed by atoms with Crippen molar-refractivity contribution in [2.24, 2.45) is 0 Å². The Morgan fingerprint density at radius 2 is 1.87 bits per heavy atom. The van der Waals surface area contributed by atoms with Crippen LogP contribution in [-0.4, -0.2) is 26.6 Å². The number of H-pyrrole nitrogens is 1. The third-order valence-corrected chi connectivity index (χ3v) is 5.06. The summed E-state index contributed by atoms with van der Waals surface area (Å²) in [4.78, 5) is 11.5. The molecule has 4 rings (SSSR count). The molecule has 2 heterocycles. The molecule has 0 aliphatic heterocycles. The molecule has 2 aromatic carbocycles. The van der Waals surface area contributed by atoms with Crippen LogP contribution in [0, 0.1) is 11.6 Å². The van der Waals surface area contributed by atoms with Crippen LogP contribution in [0.15, 0.2) is 65.5 Å². The lowest BCUT2D eigenvalue weighted by atomic mass is 10.0. The van der Waals surface area contributed by atoms with Gasteiger partial charge in [-0.2, -0.15) is 0 Å². The van der Waals surface area contributed by atoms with Gasteiger partial charge in [0.1, 0.15) is 23.2 Å². The van der Waals surface area contributed by atoms with Crippen molar-refractivity contribution in [2.45, 2.75) is 6.42 Å². The summed E-state index contributed by atoms with van der Waals surface area (Å²) in [6.07, 6.45) is 3.99. The van der Waals surface area contributed by atoms with Gasteiger partial charge in [-0.25, -0.2) is 18.7 Å². The van der Waals surface area contributed by atoms with E-state index in [4.69, 9.17) is 0 Å². The molecule has 8 heteroatoms. The molecule has 152 valence electrons. The summed E-state index contributed by atoms with van der Waals surface area (Å²) in [7, 11) is 0. The van der Waals surface area contributed by atoms with Gasteiger partial charge in [-0.15, -0.1) is 0 Å². The molecule has 0 aliphatic rings. The van der Waals surface area contributed by atoms with Crippen molar-refractivity contribution in [3.05, 3.63) is 82.9 Å². The molecule has 30 heavy (non-hydrogen) atoms. The fraction of sp³-hybridized carbons (Fsp3) is 0.0909. The molecule has 0 radical (unpaired) electrons. The number of phenolic OH excluding ortho intramolecular Hbond substituents is 1. The fourth-order valence-corrected chi connectivity index (χ4v) is 3.50. The summed E-state index contributed by atoms with van der Waals surface area (Å²) in [5.41, 5.74) is 1.95. The van der Waals surface area contributed by atoms with Gasteiger partial charge in [-0.3, -0.25) is 0 Å². The average Bonchev–Trinajstić information content (AvgIpc) is 3.23. The Kier molecular flexibility index (Phi) is 5.76. The van der Waals surface area contributed by atoms with Crippen LogP contribution in [0.1, 0.15) is 5.69 Å². The van der Waals surface area contributed by atoms with Crippen molar-refractivity contribution in [1.29, 1.82) is 0 Å². The fourth-order valence-electron chi connectivity index (χ4n) is 3.14. The topological polar surface area (TPSA) is 73.8 Å². The number of phenols is 1. The number of halogens is 3. The summed E-state index contributed by atoms with van der Waals surface area (Å²) < 4.78 is 29.6. The molecule has 0 saturated carbocycles. The van der Waals surface area contributed by atoms with Crippen LogP contribution < -0.4 is 5.32 Å². The van der Waals surface area contributed by atoms with E-state index in [1.54, 1.807) is 36.8 Å². The SMILES string of the molecule is Oc1ccc(Br)cc1-c1cc(-c2c(F)cccc2F)cc(NCCc2cnc[nH]2)n1. The molecular weight excluding hydrogens is 454 g/mol. The number of aromatic hydroxyl groups is 1. The van der Waals surface area contributed by atoms with Crippen molar-refractivity contribution in [2.75, 3.05) is 11.9 Å². The van der Waals surface area contributed by atoms with Gasteiger partial charge in [0, 0.05) is 34.9 Å². The first kappa shape index (κ1) is 20.0.